The molecule has 0 aliphatic rings. The molecular formula is C21H27N. The molecule has 0 aromatic heterocycles. The summed E-state index contributed by atoms with van der Waals surface area (Å²) in [5.74, 6) is 0. The first-order valence-corrected chi connectivity index (χ1v) is 7.91. The number of hydrogen-bond donors (Lipinski definition) is 1. The predicted molar refractivity (Wildman–Crippen MR) is 98.6 cm³/mol. The SMILES string of the molecule is CCC.Cc1ccccc1C/C=C(\C=C/N)c1ccccc1. The molecule has 0 aliphatic carbocycles. The molecule has 2 aromatic rings. The van der Waals surface area contributed by atoms with Crippen LogP contribution in [-0.4, -0.2) is 0 Å². The van der Waals surface area contributed by atoms with Crippen LogP contribution < -0.4 is 5.73 Å². The number of hydrogen-bond acceptors (Lipinski definition) is 1. The Morgan fingerprint density at radius 1 is 0.955 bits per heavy atom. The first-order chi connectivity index (χ1) is 10.7. The smallest absolute Gasteiger partial charge is 0.00563 e. The topological polar surface area (TPSA) is 26.0 Å². The predicted octanol–water partition coefficient (Wildman–Crippen LogP) is 5.51. The van der Waals surface area contributed by atoms with Crippen LogP contribution in [-0.2, 0) is 6.42 Å². The molecule has 0 amide bonds. The van der Waals surface area contributed by atoms with E-state index < -0.39 is 0 Å². The molecule has 0 radical (unpaired) electrons. The van der Waals surface area contributed by atoms with E-state index in [0.717, 1.165) is 12.0 Å². The summed E-state index contributed by atoms with van der Waals surface area (Å²) in [5, 5.41) is 0. The summed E-state index contributed by atoms with van der Waals surface area (Å²) in [6, 6.07) is 18.8. The Morgan fingerprint density at radius 3 is 2.14 bits per heavy atom. The Kier molecular flexibility index (Phi) is 8.44. The Labute approximate surface area is 135 Å². The monoisotopic (exact) mass is 293 g/mol. The van der Waals surface area contributed by atoms with Crippen LogP contribution in [0.25, 0.3) is 5.57 Å². The quantitative estimate of drug-likeness (QED) is 0.739. The fourth-order valence-corrected chi connectivity index (χ4v) is 2.08. The Balaban J connectivity index is 0.000000745. The molecule has 1 nitrogen and oxygen atoms in total. The van der Waals surface area contributed by atoms with Crippen LogP contribution in [0.4, 0.5) is 0 Å². The van der Waals surface area contributed by atoms with Crippen molar-refractivity contribution < 1.29 is 0 Å². The number of allylic oxidation sites excluding steroid dienone is 3. The molecule has 2 aromatic carbocycles. The lowest BCUT2D eigenvalue weighted by molar-refractivity contribution is 1.09. The third-order valence-corrected chi connectivity index (χ3v) is 3.19. The van der Waals surface area contributed by atoms with E-state index in [1.807, 2.05) is 24.3 Å². The second kappa shape index (κ2) is 10.4. The average Bonchev–Trinajstić information content (AvgIpc) is 2.54. The van der Waals surface area contributed by atoms with Gasteiger partial charge in [-0.25, -0.2) is 0 Å². The molecular weight excluding hydrogens is 266 g/mol. The molecule has 22 heavy (non-hydrogen) atoms. The second-order valence-corrected chi connectivity index (χ2v) is 5.22. The lowest BCUT2D eigenvalue weighted by Gasteiger charge is -2.05. The molecule has 0 aliphatic heterocycles. The zero-order valence-electron chi connectivity index (χ0n) is 13.9. The molecule has 0 heterocycles. The highest BCUT2D eigenvalue weighted by atomic mass is 14.5. The third-order valence-electron chi connectivity index (χ3n) is 3.19. The number of benzene rings is 2. The minimum Gasteiger partial charge on any atom is -0.405 e. The molecule has 0 bridgehead atoms. The Morgan fingerprint density at radius 2 is 1.55 bits per heavy atom. The zero-order chi connectivity index (χ0) is 16.2. The minimum atomic E-state index is 0.918. The van der Waals surface area contributed by atoms with E-state index in [1.165, 1.54) is 23.1 Å². The maximum Gasteiger partial charge on any atom is -0.00563 e. The highest BCUT2D eigenvalue weighted by Crippen LogP contribution is 2.17. The van der Waals surface area contributed by atoms with E-state index in [9.17, 15) is 0 Å². The standard InChI is InChI=1S/C18H19N.C3H8/c1-15-7-5-6-8-16(15)11-12-18(13-14-19)17-9-3-2-4-10-17;1-3-2/h2-10,12-14H,11,19H2,1H3;3H2,1-2H3/b14-13-,18-12+;. The van der Waals surface area contributed by atoms with Crippen molar-refractivity contribution in [1.29, 1.82) is 0 Å². The second-order valence-electron chi connectivity index (χ2n) is 5.22. The molecule has 2 N–H and O–H groups in total. The highest BCUT2D eigenvalue weighted by molar-refractivity contribution is 5.74. The first-order valence-electron chi connectivity index (χ1n) is 7.91. The van der Waals surface area contributed by atoms with Gasteiger partial charge in [0, 0.05) is 0 Å². The van der Waals surface area contributed by atoms with Gasteiger partial charge in [0.15, 0.2) is 0 Å². The molecule has 0 spiro atoms. The van der Waals surface area contributed by atoms with Gasteiger partial charge < -0.3 is 5.73 Å². The van der Waals surface area contributed by atoms with Crippen LogP contribution in [0.2, 0.25) is 0 Å². The maximum atomic E-state index is 5.54. The van der Waals surface area contributed by atoms with Gasteiger partial charge in [-0.15, -0.1) is 0 Å². The highest BCUT2D eigenvalue weighted by Gasteiger charge is 1.99. The van der Waals surface area contributed by atoms with E-state index in [0.29, 0.717) is 0 Å². The first kappa shape index (κ1) is 17.8. The van der Waals surface area contributed by atoms with Crippen molar-refractivity contribution in [3.05, 3.63) is 89.6 Å². The van der Waals surface area contributed by atoms with Gasteiger partial charge in [-0.3, -0.25) is 0 Å². The van der Waals surface area contributed by atoms with Gasteiger partial charge in [0.1, 0.15) is 0 Å². The molecule has 0 saturated heterocycles. The summed E-state index contributed by atoms with van der Waals surface area (Å²) < 4.78 is 0. The van der Waals surface area contributed by atoms with Crippen molar-refractivity contribution >= 4 is 5.57 Å². The molecule has 0 unspecified atom stereocenters. The summed E-state index contributed by atoms with van der Waals surface area (Å²) in [6.45, 7) is 6.39. The van der Waals surface area contributed by atoms with Gasteiger partial charge >= 0.3 is 0 Å². The molecule has 1 heteroatoms. The maximum absolute atomic E-state index is 5.54. The van der Waals surface area contributed by atoms with Gasteiger partial charge in [-0.2, -0.15) is 0 Å². The fraction of sp³-hybridized carbons (Fsp3) is 0.238. The van der Waals surface area contributed by atoms with Crippen LogP contribution >= 0.6 is 0 Å². The van der Waals surface area contributed by atoms with Gasteiger partial charge in [0.25, 0.3) is 0 Å². The molecule has 0 atom stereocenters. The van der Waals surface area contributed by atoms with Crippen molar-refractivity contribution in [2.75, 3.05) is 0 Å². The van der Waals surface area contributed by atoms with E-state index >= 15 is 0 Å². The summed E-state index contributed by atoms with van der Waals surface area (Å²) in [4.78, 5) is 0. The van der Waals surface area contributed by atoms with E-state index in [4.69, 9.17) is 5.73 Å². The summed E-state index contributed by atoms with van der Waals surface area (Å²) in [5.41, 5.74) is 10.6. The van der Waals surface area contributed by atoms with Gasteiger partial charge in [0.05, 0.1) is 0 Å². The van der Waals surface area contributed by atoms with Crippen molar-refractivity contribution in [2.24, 2.45) is 5.73 Å². The lowest BCUT2D eigenvalue weighted by atomic mass is 10.0. The van der Waals surface area contributed by atoms with Crippen LogP contribution in [0.3, 0.4) is 0 Å². The van der Waals surface area contributed by atoms with E-state index in [2.05, 4.69) is 63.2 Å². The summed E-state index contributed by atoms with van der Waals surface area (Å²) in [7, 11) is 0. The van der Waals surface area contributed by atoms with Crippen molar-refractivity contribution in [2.45, 2.75) is 33.6 Å². The Hall–Kier alpha value is -2.28. The molecule has 116 valence electrons. The van der Waals surface area contributed by atoms with Gasteiger partial charge in [-0.05, 0) is 47.9 Å². The van der Waals surface area contributed by atoms with Crippen molar-refractivity contribution in [3.8, 4) is 0 Å². The average molecular weight is 293 g/mol. The Bertz CT molecular complexity index is 594. The van der Waals surface area contributed by atoms with Crippen LogP contribution in [0.1, 0.15) is 37.0 Å². The van der Waals surface area contributed by atoms with E-state index in [1.54, 1.807) is 6.20 Å². The molecule has 0 saturated carbocycles. The minimum absolute atomic E-state index is 0.918. The fourth-order valence-electron chi connectivity index (χ4n) is 2.08. The lowest BCUT2D eigenvalue weighted by Crippen LogP contribution is -1.89. The van der Waals surface area contributed by atoms with Crippen LogP contribution in [0, 0.1) is 6.92 Å². The largest absolute Gasteiger partial charge is 0.405 e. The summed E-state index contributed by atoms with van der Waals surface area (Å²) in [6.07, 6.45) is 7.94. The third kappa shape index (κ3) is 6.01. The number of nitrogens with two attached hydrogens (primary N) is 1. The van der Waals surface area contributed by atoms with Gasteiger partial charge in [-0.1, -0.05) is 80.9 Å². The van der Waals surface area contributed by atoms with Crippen LogP contribution in [0.15, 0.2) is 72.9 Å². The molecule has 2 rings (SSSR count). The zero-order valence-corrected chi connectivity index (χ0v) is 13.9. The van der Waals surface area contributed by atoms with Crippen molar-refractivity contribution in [1.82, 2.24) is 0 Å². The van der Waals surface area contributed by atoms with Gasteiger partial charge in [0.2, 0.25) is 0 Å². The normalized spacial score (nSPS) is 11.1. The number of rotatable bonds is 4. The van der Waals surface area contributed by atoms with Crippen LogP contribution in [0.5, 0.6) is 0 Å². The number of aryl methyl sites for hydroxylation is 1. The van der Waals surface area contributed by atoms with E-state index in [-0.39, 0.29) is 0 Å². The van der Waals surface area contributed by atoms with Crippen molar-refractivity contribution in [3.63, 3.8) is 0 Å². The molecule has 0 fully saturated rings. The summed E-state index contributed by atoms with van der Waals surface area (Å²) >= 11 is 0.